The zero-order valence-electron chi connectivity index (χ0n) is 6.15. The Kier molecular flexibility index (Phi) is 3.49. The van der Waals surface area contributed by atoms with Gasteiger partial charge in [-0.2, -0.15) is 22.8 Å². The van der Waals surface area contributed by atoms with Crippen LogP contribution in [0.25, 0.3) is 0 Å². The Labute approximate surface area is 75.4 Å². The molecule has 1 heteroatoms. The molecular formula is C8H11Hf-. The van der Waals surface area contributed by atoms with Gasteiger partial charge in [0.15, 0.2) is 0 Å². The summed E-state index contributed by atoms with van der Waals surface area (Å²) >= 11 is 0. The zero-order valence-corrected chi connectivity index (χ0v) is 9.75. The van der Waals surface area contributed by atoms with Crippen LogP contribution in [-0.4, -0.2) is 0 Å². The predicted octanol–water partition coefficient (Wildman–Crippen LogP) is 2.33. The van der Waals surface area contributed by atoms with Crippen molar-refractivity contribution >= 4 is 0 Å². The number of hydrogen-bond donors (Lipinski definition) is 0. The van der Waals surface area contributed by atoms with Gasteiger partial charge in [0.25, 0.3) is 0 Å². The SMILES string of the molecule is Cc1cc(C)c(C)[cH-]1.[Hf]. The van der Waals surface area contributed by atoms with E-state index < -0.39 is 0 Å². The van der Waals surface area contributed by atoms with Crippen molar-refractivity contribution < 1.29 is 25.8 Å². The fraction of sp³-hybridized carbons (Fsp3) is 0.375. The molecule has 0 aliphatic carbocycles. The smallest absolute Gasteiger partial charge is 0 e. The summed E-state index contributed by atoms with van der Waals surface area (Å²) < 4.78 is 0. The van der Waals surface area contributed by atoms with Crippen LogP contribution in [0.15, 0.2) is 12.1 Å². The third-order valence-corrected chi connectivity index (χ3v) is 1.51. The normalized spacial score (nSPS) is 8.78. The van der Waals surface area contributed by atoms with Gasteiger partial charge in [-0.3, -0.25) is 0 Å². The Morgan fingerprint density at radius 2 is 1.78 bits per heavy atom. The van der Waals surface area contributed by atoms with Gasteiger partial charge in [0.05, 0.1) is 0 Å². The van der Waals surface area contributed by atoms with Crippen molar-refractivity contribution in [3.63, 3.8) is 0 Å². The van der Waals surface area contributed by atoms with Crippen LogP contribution in [0.2, 0.25) is 0 Å². The molecule has 0 heterocycles. The summed E-state index contributed by atoms with van der Waals surface area (Å²) in [5.41, 5.74) is 4.19. The van der Waals surface area contributed by atoms with E-state index in [-0.39, 0.29) is 25.8 Å². The summed E-state index contributed by atoms with van der Waals surface area (Å²) in [6, 6.07) is 4.41. The van der Waals surface area contributed by atoms with Crippen molar-refractivity contribution in [3.8, 4) is 0 Å². The average Bonchev–Trinajstić information content (AvgIpc) is 1.85. The molecule has 1 aromatic carbocycles. The second-order valence-corrected chi connectivity index (χ2v) is 2.40. The van der Waals surface area contributed by atoms with Crippen LogP contribution in [0, 0.1) is 20.8 Å². The minimum absolute atomic E-state index is 0. The first-order valence-electron chi connectivity index (χ1n) is 2.90. The van der Waals surface area contributed by atoms with E-state index in [1.807, 2.05) is 0 Å². The van der Waals surface area contributed by atoms with Crippen molar-refractivity contribution in [2.75, 3.05) is 0 Å². The van der Waals surface area contributed by atoms with Gasteiger partial charge in [-0.25, -0.2) is 6.07 Å². The molecule has 48 valence electrons. The van der Waals surface area contributed by atoms with Gasteiger partial charge in [0.2, 0.25) is 0 Å². The summed E-state index contributed by atoms with van der Waals surface area (Å²) in [7, 11) is 0. The largest absolute Gasteiger partial charge is 0.208 e. The molecule has 1 aromatic rings. The first kappa shape index (κ1) is 9.22. The number of aryl methyl sites for hydroxylation is 3. The second-order valence-electron chi connectivity index (χ2n) is 2.40. The predicted molar refractivity (Wildman–Crippen MR) is 36.2 cm³/mol. The molecular weight excluding hydrogens is 275 g/mol. The average molecular weight is 286 g/mol. The molecule has 0 unspecified atom stereocenters. The fourth-order valence-corrected chi connectivity index (χ4v) is 0.952. The maximum atomic E-state index is 2.20. The van der Waals surface area contributed by atoms with Crippen LogP contribution in [0.3, 0.4) is 0 Å². The van der Waals surface area contributed by atoms with Crippen LogP contribution < -0.4 is 0 Å². The van der Waals surface area contributed by atoms with E-state index in [0.29, 0.717) is 0 Å². The monoisotopic (exact) mass is 287 g/mol. The van der Waals surface area contributed by atoms with E-state index in [2.05, 4.69) is 32.9 Å². The van der Waals surface area contributed by atoms with Crippen LogP contribution in [0.4, 0.5) is 0 Å². The number of hydrogen-bond acceptors (Lipinski definition) is 0. The topological polar surface area (TPSA) is 0 Å². The van der Waals surface area contributed by atoms with Gasteiger partial charge >= 0.3 is 0 Å². The molecule has 0 saturated heterocycles. The summed E-state index contributed by atoms with van der Waals surface area (Å²) in [4.78, 5) is 0. The second kappa shape index (κ2) is 3.40. The molecule has 0 atom stereocenters. The first-order valence-corrected chi connectivity index (χ1v) is 2.90. The maximum Gasteiger partial charge on any atom is 0 e. The molecule has 0 aromatic heterocycles. The van der Waals surface area contributed by atoms with E-state index in [1.54, 1.807) is 0 Å². The minimum Gasteiger partial charge on any atom is -0.208 e. The zero-order chi connectivity index (χ0) is 6.15. The third-order valence-electron chi connectivity index (χ3n) is 1.51. The molecule has 0 N–H and O–H groups in total. The van der Waals surface area contributed by atoms with Crippen LogP contribution in [0.1, 0.15) is 16.7 Å². The molecule has 0 saturated carbocycles. The Hall–Kier alpha value is 0.220. The molecule has 0 amide bonds. The third kappa shape index (κ3) is 2.13. The van der Waals surface area contributed by atoms with Gasteiger partial charge in [-0.1, -0.05) is 20.8 Å². The van der Waals surface area contributed by atoms with Crippen LogP contribution in [-0.2, 0) is 25.8 Å². The van der Waals surface area contributed by atoms with Crippen molar-refractivity contribution in [1.29, 1.82) is 0 Å². The summed E-state index contributed by atoms with van der Waals surface area (Å²) in [6.45, 7) is 6.41. The molecule has 0 fully saturated rings. The van der Waals surface area contributed by atoms with Gasteiger partial charge in [0.1, 0.15) is 0 Å². The molecule has 1 rings (SSSR count). The van der Waals surface area contributed by atoms with E-state index in [4.69, 9.17) is 0 Å². The molecule has 0 nitrogen and oxygen atoms in total. The molecule has 0 aliphatic rings. The Balaban J connectivity index is 0.000000640. The van der Waals surface area contributed by atoms with Crippen molar-refractivity contribution in [2.45, 2.75) is 20.8 Å². The van der Waals surface area contributed by atoms with Crippen molar-refractivity contribution in [2.24, 2.45) is 0 Å². The maximum absolute atomic E-state index is 2.20. The Bertz CT molecular complexity index is 167. The van der Waals surface area contributed by atoms with Crippen LogP contribution in [0.5, 0.6) is 0 Å². The standard InChI is InChI=1S/C8H11.Hf/c1-6-4-7(2)8(3)5-6;/h4-5H,1-3H3;/q-1;. The first-order chi connectivity index (χ1) is 3.70. The van der Waals surface area contributed by atoms with E-state index >= 15 is 0 Å². The van der Waals surface area contributed by atoms with Gasteiger partial charge in [-0.05, 0) is 0 Å². The van der Waals surface area contributed by atoms with Gasteiger partial charge < -0.3 is 0 Å². The Morgan fingerprint density at radius 3 is 1.89 bits per heavy atom. The quantitative estimate of drug-likeness (QED) is 0.507. The van der Waals surface area contributed by atoms with Crippen molar-refractivity contribution in [1.82, 2.24) is 0 Å². The van der Waals surface area contributed by atoms with E-state index in [0.717, 1.165) is 0 Å². The molecule has 0 radical (unpaired) electrons. The molecule has 0 aliphatic heterocycles. The fourth-order valence-electron chi connectivity index (χ4n) is 0.952. The van der Waals surface area contributed by atoms with Crippen LogP contribution >= 0.6 is 0 Å². The molecule has 0 bridgehead atoms. The van der Waals surface area contributed by atoms with E-state index in [1.165, 1.54) is 16.7 Å². The minimum atomic E-state index is 0. The Morgan fingerprint density at radius 1 is 1.22 bits per heavy atom. The molecule has 0 spiro atoms. The van der Waals surface area contributed by atoms with Gasteiger partial charge in [0, 0.05) is 25.8 Å². The summed E-state index contributed by atoms with van der Waals surface area (Å²) in [6.07, 6.45) is 0. The molecule has 9 heavy (non-hydrogen) atoms. The van der Waals surface area contributed by atoms with Gasteiger partial charge in [-0.15, -0.1) is 0 Å². The summed E-state index contributed by atoms with van der Waals surface area (Å²) in [5, 5.41) is 0. The number of rotatable bonds is 0. The van der Waals surface area contributed by atoms with E-state index in [9.17, 15) is 0 Å². The van der Waals surface area contributed by atoms with Crippen molar-refractivity contribution in [3.05, 3.63) is 28.8 Å². The summed E-state index contributed by atoms with van der Waals surface area (Å²) in [5.74, 6) is 0.